The molecular weight excluding hydrogens is 276 g/mol. The molecule has 0 aliphatic heterocycles. The van der Waals surface area contributed by atoms with E-state index in [0.717, 1.165) is 8.95 Å². The molecule has 0 unspecified atom stereocenters. The highest BCUT2D eigenvalue weighted by Gasteiger charge is 1.97. The molecule has 0 aromatic heterocycles. The first-order valence-corrected chi connectivity index (χ1v) is 4.48. The number of hydrogen-bond donors (Lipinski definition) is 0. The van der Waals surface area contributed by atoms with Crippen LogP contribution in [0.25, 0.3) is 0 Å². The summed E-state index contributed by atoms with van der Waals surface area (Å²) in [5.74, 6) is 0.661. The fourth-order valence-corrected chi connectivity index (χ4v) is 1.92. The second-order valence-corrected chi connectivity index (χ2v) is 3.69. The highest BCUT2D eigenvalue weighted by molar-refractivity contribution is 9.11. The molecule has 60 valence electrons. The third-order valence-electron chi connectivity index (χ3n) is 1.02. The molecule has 1 aromatic rings. The molecule has 0 saturated heterocycles. The van der Waals surface area contributed by atoms with Gasteiger partial charge in [-0.1, -0.05) is 31.9 Å². The summed E-state index contributed by atoms with van der Waals surface area (Å²) in [6.45, 7) is 0. The Morgan fingerprint density at radius 1 is 1.09 bits per heavy atom. The largest absolute Gasteiger partial charge is 0.338 e. The second-order valence-electron chi connectivity index (χ2n) is 1.86. The lowest BCUT2D eigenvalue weighted by Crippen LogP contribution is -1.89. The minimum atomic E-state index is 0.661. The Kier molecular flexibility index (Phi) is 3.36. The SMILES string of the molecule is COOc1cc(Br)cc(Br)c1. The zero-order valence-electron chi connectivity index (χ0n) is 5.80. The molecule has 0 bridgehead atoms. The van der Waals surface area contributed by atoms with Crippen LogP contribution in [0.5, 0.6) is 5.75 Å². The Bertz CT molecular complexity index is 230. The Morgan fingerprint density at radius 3 is 2.09 bits per heavy atom. The van der Waals surface area contributed by atoms with E-state index in [-0.39, 0.29) is 0 Å². The van der Waals surface area contributed by atoms with Crippen molar-refractivity contribution in [3.8, 4) is 5.75 Å². The highest BCUT2D eigenvalue weighted by Crippen LogP contribution is 2.24. The van der Waals surface area contributed by atoms with Gasteiger partial charge in [0.05, 0.1) is 7.11 Å². The van der Waals surface area contributed by atoms with Gasteiger partial charge in [0.25, 0.3) is 0 Å². The van der Waals surface area contributed by atoms with Crippen LogP contribution in [-0.2, 0) is 4.89 Å². The van der Waals surface area contributed by atoms with Crippen molar-refractivity contribution in [2.24, 2.45) is 0 Å². The summed E-state index contributed by atoms with van der Waals surface area (Å²) in [5.41, 5.74) is 0. The third-order valence-corrected chi connectivity index (χ3v) is 1.93. The molecule has 0 radical (unpaired) electrons. The molecule has 1 aromatic carbocycles. The molecule has 0 saturated carbocycles. The monoisotopic (exact) mass is 280 g/mol. The first kappa shape index (κ1) is 9.03. The number of rotatable bonds is 2. The fourth-order valence-electron chi connectivity index (χ4n) is 0.673. The van der Waals surface area contributed by atoms with E-state index in [2.05, 4.69) is 36.7 Å². The maximum absolute atomic E-state index is 4.81. The van der Waals surface area contributed by atoms with Gasteiger partial charge in [-0.05, 0) is 18.2 Å². The summed E-state index contributed by atoms with van der Waals surface area (Å²) < 4.78 is 1.89. The molecule has 11 heavy (non-hydrogen) atoms. The quantitative estimate of drug-likeness (QED) is 0.612. The van der Waals surface area contributed by atoms with Crippen LogP contribution in [-0.4, -0.2) is 7.11 Å². The molecular formula is C7H6Br2O2. The molecule has 1 rings (SSSR count). The van der Waals surface area contributed by atoms with Crippen LogP contribution in [0, 0.1) is 0 Å². The molecule has 4 heteroatoms. The standard InChI is InChI=1S/C7H6Br2O2/c1-10-11-7-3-5(8)2-6(9)4-7/h2-4H,1H3. The van der Waals surface area contributed by atoms with Crippen LogP contribution in [0.4, 0.5) is 0 Å². The summed E-state index contributed by atoms with van der Waals surface area (Å²) in [5, 5.41) is 0. The third kappa shape index (κ3) is 2.81. The second kappa shape index (κ2) is 4.09. The van der Waals surface area contributed by atoms with E-state index in [1.165, 1.54) is 7.11 Å². The lowest BCUT2D eigenvalue weighted by atomic mass is 10.3. The van der Waals surface area contributed by atoms with Crippen LogP contribution in [0.2, 0.25) is 0 Å². The minimum absolute atomic E-state index is 0.661. The highest BCUT2D eigenvalue weighted by atomic mass is 79.9. The van der Waals surface area contributed by atoms with E-state index in [9.17, 15) is 0 Å². The number of benzene rings is 1. The van der Waals surface area contributed by atoms with Crippen molar-refractivity contribution in [3.05, 3.63) is 27.1 Å². The number of hydrogen-bond acceptors (Lipinski definition) is 2. The molecule has 0 aliphatic rings. The summed E-state index contributed by atoms with van der Waals surface area (Å²) >= 11 is 6.63. The van der Waals surface area contributed by atoms with E-state index in [1.807, 2.05) is 18.2 Å². The zero-order chi connectivity index (χ0) is 8.27. The summed E-state index contributed by atoms with van der Waals surface area (Å²) in [6.07, 6.45) is 0. The van der Waals surface area contributed by atoms with E-state index in [0.29, 0.717) is 5.75 Å². The maximum atomic E-state index is 4.81. The van der Waals surface area contributed by atoms with Gasteiger partial charge in [0, 0.05) is 8.95 Å². The zero-order valence-corrected chi connectivity index (χ0v) is 8.98. The lowest BCUT2D eigenvalue weighted by Gasteiger charge is -2.01. The van der Waals surface area contributed by atoms with E-state index < -0.39 is 0 Å². The summed E-state index contributed by atoms with van der Waals surface area (Å²) in [6, 6.07) is 5.55. The van der Waals surface area contributed by atoms with Crippen molar-refractivity contribution in [1.29, 1.82) is 0 Å². The molecule has 2 nitrogen and oxygen atoms in total. The van der Waals surface area contributed by atoms with Crippen LogP contribution in [0.15, 0.2) is 27.1 Å². The van der Waals surface area contributed by atoms with Crippen LogP contribution >= 0.6 is 31.9 Å². The van der Waals surface area contributed by atoms with Crippen molar-refractivity contribution < 1.29 is 9.78 Å². The van der Waals surface area contributed by atoms with Crippen molar-refractivity contribution in [2.45, 2.75) is 0 Å². The molecule has 0 N–H and O–H groups in total. The van der Waals surface area contributed by atoms with Gasteiger partial charge in [-0.15, -0.1) is 0 Å². The van der Waals surface area contributed by atoms with Gasteiger partial charge in [0.15, 0.2) is 5.75 Å². The van der Waals surface area contributed by atoms with Gasteiger partial charge in [0.2, 0.25) is 0 Å². The number of halogens is 2. The van der Waals surface area contributed by atoms with Gasteiger partial charge in [-0.3, -0.25) is 0 Å². The maximum Gasteiger partial charge on any atom is 0.167 e. The lowest BCUT2D eigenvalue weighted by molar-refractivity contribution is -0.178. The van der Waals surface area contributed by atoms with Crippen molar-refractivity contribution in [1.82, 2.24) is 0 Å². The molecule has 0 fully saturated rings. The molecule has 0 spiro atoms. The molecule has 0 atom stereocenters. The average Bonchev–Trinajstić information content (AvgIpc) is 1.85. The van der Waals surface area contributed by atoms with Crippen molar-refractivity contribution in [3.63, 3.8) is 0 Å². The summed E-state index contributed by atoms with van der Waals surface area (Å²) in [7, 11) is 1.47. The smallest absolute Gasteiger partial charge is 0.167 e. The Morgan fingerprint density at radius 2 is 1.64 bits per heavy atom. The predicted molar refractivity (Wildman–Crippen MR) is 49.5 cm³/mol. The first-order valence-electron chi connectivity index (χ1n) is 2.89. The topological polar surface area (TPSA) is 18.5 Å². The van der Waals surface area contributed by atoms with E-state index >= 15 is 0 Å². The Balaban J connectivity index is 2.89. The molecule has 0 aliphatic carbocycles. The van der Waals surface area contributed by atoms with Gasteiger partial charge < -0.3 is 4.89 Å². The van der Waals surface area contributed by atoms with Gasteiger partial charge in [-0.25, -0.2) is 0 Å². The molecule has 0 heterocycles. The van der Waals surface area contributed by atoms with Crippen LogP contribution in [0.3, 0.4) is 0 Å². The Hall–Kier alpha value is -0.0600. The Labute approximate surface area is 81.7 Å². The van der Waals surface area contributed by atoms with Crippen LogP contribution in [0.1, 0.15) is 0 Å². The summed E-state index contributed by atoms with van der Waals surface area (Å²) in [4.78, 5) is 9.30. The van der Waals surface area contributed by atoms with Crippen molar-refractivity contribution in [2.75, 3.05) is 7.11 Å². The predicted octanol–water partition coefficient (Wildman–Crippen LogP) is 3.15. The van der Waals surface area contributed by atoms with Gasteiger partial charge in [0.1, 0.15) is 0 Å². The van der Waals surface area contributed by atoms with Gasteiger partial charge in [-0.2, -0.15) is 4.89 Å². The fraction of sp³-hybridized carbons (Fsp3) is 0.143. The molecule has 0 amide bonds. The van der Waals surface area contributed by atoms with E-state index in [1.54, 1.807) is 0 Å². The van der Waals surface area contributed by atoms with Crippen LogP contribution < -0.4 is 4.89 Å². The minimum Gasteiger partial charge on any atom is -0.338 e. The van der Waals surface area contributed by atoms with Gasteiger partial charge >= 0.3 is 0 Å². The average molecular weight is 282 g/mol. The first-order chi connectivity index (χ1) is 5.22. The van der Waals surface area contributed by atoms with Crippen molar-refractivity contribution >= 4 is 31.9 Å². The normalized spacial score (nSPS) is 9.73. The van der Waals surface area contributed by atoms with E-state index in [4.69, 9.17) is 4.89 Å².